The molecule has 1 aromatic rings. The van der Waals surface area contributed by atoms with E-state index in [-0.39, 0.29) is 5.56 Å². The van der Waals surface area contributed by atoms with Gasteiger partial charge in [0.25, 0.3) is 0 Å². The second-order valence-electron chi connectivity index (χ2n) is 3.06. The van der Waals surface area contributed by atoms with Crippen LogP contribution in [0.2, 0.25) is 0 Å². The molecule has 15 heavy (non-hydrogen) atoms. The fourth-order valence-electron chi connectivity index (χ4n) is 1.07. The lowest BCUT2D eigenvalue weighted by Gasteiger charge is -2.15. The van der Waals surface area contributed by atoms with Crippen LogP contribution in [-0.2, 0) is 5.92 Å². The molecule has 1 aromatic carbocycles. The van der Waals surface area contributed by atoms with Gasteiger partial charge < -0.3 is 0 Å². The second-order valence-corrected chi connectivity index (χ2v) is 3.06. The number of rotatable bonds is 3. The third kappa shape index (κ3) is 2.34. The number of Topliss-reactive ketones (excluding diaryl/α,β-unsaturated/α-hetero) is 1. The molecule has 0 spiro atoms. The Morgan fingerprint density at radius 3 is 2.40 bits per heavy atom. The Morgan fingerprint density at radius 2 is 1.93 bits per heavy atom. The van der Waals surface area contributed by atoms with E-state index in [0.717, 1.165) is 18.2 Å². The van der Waals surface area contributed by atoms with Crippen molar-refractivity contribution in [2.75, 3.05) is 0 Å². The average Bonchev–Trinajstić information content (AvgIpc) is 2.17. The molecule has 0 saturated heterocycles. The first-order valence-electron chi connectivity index (χ1n) is 4.13. The highest BCUT2D eigenvalue weighted by molar-refractivity contribution is 5.94. The molecule has 0 aliphatic rings. The number of carbonyl (C=O) groups excluding carboxylic acids is 1. The van der Waals surface area contributed by atoms with E-state index in [9.17, 15) is 22.4 Å². The molecule has 0 aliphatic heterocycles. The van der Waals surface area contributed by atoms with E-state index in [4.69, 9.17) is 0 Å². The summed E-state index contributed by atoms with van der Waals surface area (Å²) in [5.41, 5.74) is -0.849. The molecule has 82 valence electrons. The smallest absolute Gasteiger partial charge is 0.295 e. The predicted octanol–water partition coefficient (Wildman–Crippen LogP) is 3.25. The molecule has 0 fully saturated rings. The number of halogens is 4. The average molecular weight is 220 g/mol. The first-order chi connectivity index (χ1) is 6.85. The summed E-state index contributed by atoms with van der Waals surface area (Å²) in [4.78, 5) is 10.9. The number of hydrogen-bond acceptors (Lipinski definition) is 1. The van der Waals surface area contributed by atoms with Crippen molar-refractivity contribution < 1.29 is 22.4 Å². The fraction of sp³-hybridized carbons (Fsp3) is 0.300. The van der Waals surface area contributed by atoms with Crippen molar-refractivity contribution in [2.24, 2.45) is 0 Å². The Kier molecular flexibility index (Phi) is 3.12. The van der Waals surface area contributed by atoms with Crippen LogP contribution in [0.5, 0.6) is 0 Å². The Balaban J connectivity index is 3.16. The van der Waals surface area contributed by atoms with Gasteiger partial charge in [0, 0.05) is 11.1 Å². The molecule has 0 radical (unpaired) electrons. The minimum atomic E-state index is -4.22. The van der Waals surface area contributed by atoms with Crippen LogP contribution in [0.1, 0.15) is 22.8 Å². The van der Waals surface area contributed by atoms with Crippen molar-refractivity contribution in [3.05, 3.63) is 35.4 Å². The number of benzene rings is 1. The van der Waals surface area contributed by atoms with Crippen LogP contribution in [0.25, 0.3) is 0 Å². The molecule has 1 nitrogen and oxygen atoms in total. The van der Waals surface area contributed by atoms with Gasteiger partial charge >= 0.3 is 12.3 Å². The minimum absolute atomic E-state index is 0.00664. The first kappa shape index (κ1) is 11.7. The number of carbonyl (C=O) groups is 1. The quantitative estimate of drug-likeness (QED) is 0.564. The third-order valence-electron chi connectivity index (χ3n) is 1.93. The molecule has 1 rings (SSSR count). The van der Waals surface area contributed by atoms with Crippen LogP contribution in [0, 0.1) is 0 Å². The molecule has 0 atom stereocenters. The zero-order chi connectivity index (χ0) is 11.6. The van der Waals surface area contributed by atoms with Crippen LogP contribution in [0.4, 0.5) is 17.6 Å². The van der Waals surface area contributed by atoms with Crippen LogP contribution in [0.3, 0.4) is 0 Å². The van der Waals surface area contributed by atoms with Gasteiger partial charge in [-0.1, -0.05) is 18.2 Å². The molecular formula is C10H8F4O. The lowest BCUT2D eigenvalue weighted by Crippen LogP contribution is -2.23. The monoisotopic (exact) mass is 220 g/mol. The Morgan fingerprint density at radius 1 is 1.33 bits per heavy atom. The zero-order valence-corrected chi connectivity index (χ0v) is 7.81. The fourth-order valence-corrected chi connectivity index (χ4v) is 1.07. The Bertz CT molecular complexity index is 373. The highest BCUT2D eigenvalue weighted by Crippen LogP contribution is 2.34. The first-order valence-corrected chi connectivity index (χ1v) is 4.13. The summed E-state index contributed by atoms with van der Waals surface area (Å²) in [6, 6.07) is 4.11. The lowest BCUT2D eigenvalue weighted by molar-refractivity contribution is -0.135. The molecule has 0 bridgehead atoms. The van der Waals surface area contributed by atoms with E-state index in [1.807, 2.05) is 0 Å². The summed E-state index contributed by atoms with van der Waals surface area (Å²) in [6.45, 7) is 1.18. The predicted molar refractivity (Wildman–Crippen MR) is 46.3 cm³/mol. The van der Waals surface area contributed by atoms with E-state index in [1.54, 1.807) is 0 Å². The van der Waals surface area contributed by atoms with E-state index >= 15 is 0 Å². The molecule has 5 heteroatoms. The SMILES string of the molecule is CC(=O)c1cccc(C(F)(F)C(F)F)c1. The van der Waals surface area contributed by atoms with Crippen molar-refractivity contribution in [3.8, 4) is 0 Å². The lowest BCUT2D eigenvalue weighted by atomic mass is 10.0. The highest BCUT2D eigenvalue weighted by Gasteiger charge is 2.42. The van der Waals surface area contributed by atoms with E-state index in [1.165, 1.54) is 13.0 Å². The van der Waals surface area contributed by atoms with Crippen molar-refractivity contribution in [1.82, 2.24) is 0 Å². The molecule has 0 heterocycles. The molecule has 0 aromatic heterocycles. The van der Waals surface area contributed by atoms with Crippen LogP contribution < -0.4 is 0 Å². The van der Waals surface area contributed by atoms with Crippen molar-refractivity contribution in [3.63, 3.8) is 0 Å². The number of ketones is 1. The summed E-state index contributed by atoms with van der Waals surface area (Å²) >= 11 is 0. The molecule has 0 aliphatic carbocycles. The van der Waals surface area contributed by atoms with Gasteiger partial charge in [-0.2, -0.15) is 8.78 Å². The maximum Gasteiger partial charge on any atom is 0.332 e. The minimum Gasteiger partial charge on any atom is -0.295 e. The number of alkyl halides is 4. The molecular weight excluding hydrogens is 212 g/mol. The topological polar surface area (TPSA) is 17.1 Å². The highest BCUT2D eigenvalue weighted by atomic mass is 19.3. The number of hydrogen-bond donors (Lipinski definition) is 0. The Hall–Kier alpha value is -1.39. The summed E-state index contributed by atoms with van der Waals surface area (Å²) in [7, 11) is 0. The largest absolute Gasteiger partial charge is 0.332 e. The van der Waals surface area contributed by atoms with Crippen molar-refractivity contribution in [1.29, 1.82) is 0 Å². The van der Waals surface area contributed by atoms with Gasteiger partial charge in [0.2, 0.25) is 0 Å². The maximum atomic E-state index is 12.9. The van der Waals surface area contributed by atoms with Gasteiger partial charge in [-0.3, -0.25) is 4.79 Å². The van der Waals surface area contributed by atoms with E-state index in [0.29, 0.717) is 0 Å². The van der Waals surface area contributed by atoms with Gasteiger partial charge in [-0.05, 0) is 13.0 Å². The third-order valence-corrected chi connectivity index (χ3v) is 1.93. The van der Waals surface area contributed by atoms with Crippen LogP contribution >= 0.6 is 0 Å². The van der Waals surface area contributed by atoms with Crippen molar-refractivity contribution >= 4 is 5.78 Å². The summed E-state index contributed by atoms with van der Waals surface area (Å²) in [5, 5.41) is 0. The molecule has 0 unspecified atom stereocenters. The van der Waals surface area contributed by atoms with Crippen LogP contribution in [-0.4, -0.2) is 12.2 Å². The van der Waals surface area contributed by atoms with Gasteiger partial charge in [0.1, 0.15) is 0 Å². The Labute approximate surface area is 83.7 Å². The zero-order valence-electron chi connectivity index (χ0n) is 7.81. The molecule has 0 N–H and O–H groups in total. The van der Waals surface area contributed by atoms with Crippen LogP contribution in [0.15, 0.2) is 24.3 Å². The molecule has 0 amide bonds. The van der Waals surface area contributed by atoms with E-state index < -0.39 is 23.7 Å². The summed E-state index contributed by atoms with van der Waals surface area (Å²) in [5.74, 6) is -4.66. The standard InChI is InChI=1S/C10H8F4O/c1-6(15)7-3-2-4-8(5-7)10(13,14)9(11)12/h2-5,9H,1H3. The van der Waals surface area contributed by atoms with Gasteiger partial charge in [-0.25, -0.2) is 8.78 Å². The summed E-state index contributed by atoms with van der Waals surface area (Å²) < 4.78 is 49.7. The van der Waals surface area contributed by atoms with E-state index in [2.05, 4.69) is 0 Å². The van der Waals surface area contributed by atoms with Crippen molar-refractivity contribution in [2.45, 2.75) is 19.3 Å². The van der Waals surface area contributed by atoms with Gasteiger partial charge in [-0.15, -0.1) is 0 Å². The maximum absolute atomic E-state index is 12.9. The van der Waals surface area contributed by atoms with Gasteiger partial charge in [0.15, 0.2) is 5.78 Å². The van der Waals surface area contributed by atoms with Gasteiger partial charge in [0.05, 0.1) is 0 Å². The summed E-state index contributed by atoms with van der Waals surface area (Å²) in [6.07, 6.45) is -3.78. The normalized spacial score (nSPS) is 11.9. The molecule has 0 saturated carbocycles. The second kappa shape index (κ2) is 4.00.